The Hall–Kier alpha value is -3.31. The second-order valence-electron chi connectivity index (χ2n) is 7.47. The zero-order valence-electron chi connectivity index (χ0n) is 17.0. The monoisotopic (exact) mass is 419 g/mol. The Labute approximate surface area is 175 Å². The van der Waals surface area contributed by atoms with E-state index in [0.29, 0.717) is 28.3 Å². The van der Waals surface area contributed by atoms with Crippen molar-refractivity contribution in [3.8, 4) is 29.0 Å². The van der Waals surface area contributed by atoms with E-state index >= 15 is 0 Å². The van der Waals surface area contributed by atoms with Crippen molar-refractivity contribution in [3.05, 3.63) is 59.2 Å². The maximum atomic E-state index is 13.2. The Morgan fingerprint density at radius 2 is 1.93 bits per heavy atom. The molecule has 30 heavy (non-hydrogen) atoms. The first-order valence-electron chi connectivity index (χ1n) is 9.56. The number of aromatic nitrogens is 3. The van der Waals surface area contributed by atoms with Crippen molar-refractivity contribution in [2.75, 3.05) is 0 Å². The van der Waals surface area contributed by atoms with Crippen LogP contribution in [-0.4, -0.2) is 24.4 Å². The van der Waals surface area contributed by atoms with Gasteiger partial charge in [0.25, 0.3) is 0 Å². The van der Waals surface area contributed by atoms with Crippen LogP contribution >= 0.6 is 0 Å². The third-order valence-electron chi connectivity index (χ3n) is 4.96. The van der Waals surface area contributed by atoms with Crippen LogP contribution in [0.25, 0.3) is 11.3 Å². The normalized spacial score (nSPS) is 15.3. The van der Waals surface area contributed by atoms with Crippen LogP contribution < -0.4 is 4.74 Å². The highest BCUT2D eigenvalue weighted by molar-refractivity contribution is 7.93. The number of nitriles is 1. The van der Waals surface area contributed by atoms with Crippen molar-refractivity contribution >= 4 is 9.73 Å². The predicted octanol–water partition coefficient (Wildman–Crippen LogP) is 4.70. The summed E-state index contributed by atoms with van der Waals surface area (Å²) in [6, 6.07) is 9.00. The van der Waals surface area contributed by atoms with Gasteiger partial charge in [-0.15, -0.1) is 0 Å². The van der Waals surface area contributed by atoms with E-state index in [2.05, 4.69) is 21.0 Å². The Morgan fingerprint density at radius 3 is 2.60 bits per heavy atom. The molecule has 0 radical (unpaired) electrons. The van der Waals surface area contributed by atoms with Crippen molar-refractivity contribution in [1.82, 2.24) is 15.0 Å². The van der Waals surface area contributed by atoms with E-state index in [4.69, 9.17) is 14.8 Å². The molecule has 1 aliphatic rings. The molecular formula is C22H21N5O2S. The highest BCUT2D eigenvalue weighted by atomic mass is 32.2. The van der Waals surface area contributed by atoms with Crippen molar-refractivity contribution in [1.29, 1.82) is 10.0 Å². The van der Waals surface area contributed by atoms with Crippen LogP contribution in [0.15, 0.2) is 41.6 Å². The molecule has 0 spiro atoms. The lowest BCUT2D eigenvalue weighted by Gasteiger charge is -2.16. The van der Waals surface area contributed by atoms with Gasteiger partial charge in [-0.3, -0.25) is 9.97 Å². The van der Waals surface area contributed by atoms with Gasteiger partial charge in [-0.05, 0) is 63.4 Å². The highest BCUT2D eigenvalue weighted by Crippen LogP contribution is 2.40. The maximum Gasteiger partial charge on any atom is 0.237 e. The Balaban J connectivity index is 1.86. The first-order valence-corrected chi connectivity index (χ1v) is 11.2. The summed E-state index contributed by atoms with van der Waals surface area (Å²) in [5, 5.41) is 8.98. The first kappa shape index (κ1) is 20.0. The van der Waals surface area contributed by atoms with E-state index in [-0.39, 0.29) is 16.0 Å². The summed E-state index contributed by atoms with van der Waals surface area (Å²) in [4.78, 5) is 13.4. The smallest absolute Gasteiger partial charge is 0.237 e. The number of pyridine rings is 3. The quantitative estimate of drug-likeness (QED) is 0.641. The summed E-state index contributed by atoms with van der Waals surface area (Å²) in [6.07, 6.45) is 4.61. The average molecular weight is 420 g/mol. The van der Waals surface area contributed by atoms with Crippen LogP contribution in [0.1, 0.15) is 35.4 Å². The zero-order chi connectivity index (χ0) is 21.5. The molecule has 1 unspecified atom stereocenters. The average Bonchev–Trinajstić information content (AvgIpc) is 3.56. The van der Waals surface area contributed by atoms with E-state index in [1.165, 1.54) is 6.20 Å². The highest BCUT2D eigenvalue weighted by Gasteiger charge is 2.36. The molecule has 3 aromatic rings. The van der Waals surface area contributed by atoms with Crippen molar-refractivity contribution in [3.63, 3.8) is 0 Å². The van der Waals surface area contributed by atoms with E-state index in [0.717, 1.165) is 24.1 Å². The van der Waals surface area contributed by atoms with Gasteiger partial charge in [-0.2, -0.15) is 5.26 Å². The summed E-state index contributed by atoms with van der Waals surface area (Å²) in [7, 11) is -3.04. The Morgan fingerprint density at radius 1 is 1.17 bits per heavy atom. The van der Waals surface area contributed by atoms with Gasteiger partial charge in [0, 0.05) is 28.9 Å². The minimum Gasteiger partial charge on any atom is -0.436 e. The Kier molecular flexibility index (Phi) is 5.00. The third-order valence-corrected chi connectivity index (χ3v) is 7.34. The molecule has 4 rings (SSSR count). The lowest BCUT2D eigenvalue weighted by atomic mass is 10.1. The number of aryl methyl sites for hydroxylation is 3. The number of nitrogens with zero attached hydrogens (tertiary/aromatic N) is 4. The molecule has 1 atom stereocenters. The number of hydrogen-bond donors (Lipinski definition) is 1. The molecule has 1 fully saturated rings. The van der Waals surface area contributed by atoms with Gasteiger partial charge in [-0.1, -0.05) is 0 Å². The molecule has 0 aromatic carbocycles. The van der Waals surface area contributed by atoms with Crippen LogP contribution in [0.2, 0.25) is 0 Å². The third kappa shape index (κ3) is 3.76. The molecule has 8 heteroatoms. The largest absolute Gasteiger partial charge is 0.436 e. The van der Waals surface area contributed by atoms with Crippen LogP contribution in [0, 0.1) is 36.9 Å². The standard InChI is InChI=1S/C22H21N5O2S/c1-13-8-14(2)26-15(3)21(13)29-22-20(30(24,28)18-4-5-18)7-6-19(27-22)17-9-16(10-23)11-25-12-17/h6-9,11-12,18,24H,4-5H2,1-3H3. The van der Waals surface area contributed by atoms with Crippen LogP contribution in [0.5, 0.6) is 11.6 Å². The van der Waals surface area contributed by atoms with E-state index < -0.39 is 9.73 Å². The fourth-order valence-corrected chi connectivity index (χ4v) is 5.15. The van der Waals surface area contributed by atoms with Crippen LogP contribution in [-0.2, 0) is 9.73 Å². The van der Waals surface area contributed by atoms with Crippen molar-refractivity contribution in [2.24, 2.45) is 0 Å². The summed E-state index contributed by atoms with van der Waals surface area (Å²) in [5.41, 5.74) is 4.04. The summed E-state index contributed by atoms with van der Waals surface area (Å²) in [6.45, 7) is 5.67. The molecule has 152 valence electrons. The van der Waals surface area contributed by atoms with Crippen LogP contribution in [0.4, 0.5) is 0 Å². The molecule has 0 saturated heterocycles. The predicted molar refractivity (Wildman–Crippen MR) is 113 cm³/mol. The number of rotatable bonds is 5. The molecule has 1 aliphatic carbocycles. The molecular weight excluding hydrogens is 398 g/mol. The molecule has 1 saturated carbocycles. The minimum absolute atomic E-state index is 0.138. The van der Waals surface area contributed by atoms with Gasteiger partial charge in [0.2, 0.25) is 5.88 Å². The van der Waals surface area contributed by atoms with Gasteiger partial charge >= 0.3 is 0 Å². The Bertz CT molecular complexity index is 1270. The topological polar surface area (TPSA) is 113 Å². The molecule has 7 nitrogen and oxygen atoms in total. The first-order chi connectivity index (χ1) is 14.3. The summed E-state index contributed by atoms with van der Waals surface area (Å²) >= 11 is 0. The SMILES string of the molecule is Cc1cc(C)c(Oc2nc(-c3cncc(C#N)c3)ccc2S(=N)(=O)C2CC2)c(C)n1. The number of hydrogen-bond acceptors (Lipinski definition) is 7. The molecule has 3 aromatic heterocycles. The number of ether oxygens (including phenoxy) is 1. The van der Waals surface area contributed by atoms with Gasteiger partial charge in [-0.25, -0.2) is 14.0 Å². The number of nitrogens with one attached hydrogen (secondary N) is 1. The fourth-order valence-electron chi connectivity index (χ4n) is 3.38. The maximum absolute atomic E-state index is 13.2. The zero-order valence-corrected chi connectivity index (χ0v) is 17.8. The lowest BCUT2D eigenvalue weighted by Crippen LogP contribution is -2.09. The molecule has 3 heterocycles. The molecule has 0 amide bonds. The van der Waals surface area contributed by atoms with E-state index in [1.807, 2.05) is 26.8 Å². The van der Waals surface area contributed by atoms with Crippen molar-refractivity contribution in [2.45, 2.75) is 43.8 Å². The van der Waals surface area contributed by atoms with Gasteiger partial charge in [0.05, 0.1) is 26.7 Å². The van der Waals surface area contributed by atoms with Gasteiger partial charge in [0.1, 0.15) is 11.0 Å². The minimum atomic E-state index is -3.04. The second-order valence-corrected chi connectivity index (χ2v) is 9.78. The van der Waals surface area contributed by atoms with Crippen molar-refractivity contribution < 1.29 is 8.95 Å². The fraction of sp³-hybridized carbons (Fsp3) is 0.273. The lowest BCUT2D eigenvalue weighted by molar-refractivity contribution is 0.440. The second kappa shape index (κ2) is 7.50. The molecule has 1 N–H and O–H groups in total. The van der Waals surface area contributed by atoms with E-state index in [9.17, 15) is 4.21 Å². The van der Waals surface area contributed by atoms with Crippen LogP contribution in [0.3, 0.4) is 0 Å². The molecule has 0 bridgehead atoms. The summed E-state index contributed by atoms with van der Waals surface area (Å²) in [5.74, 6) is 0.681. The van der Waals surface area contributed by atoms with E-state index in [1.54, 1.807) is 24.4 Å². The molecule has 0 aliphatic heterocycles. The summed E-state index contributed by atoms with van der Waals surface area (Å²) < 4.78 is 27.9. The van der Waals surface area contributed by atoms with Gasteiger partial charge < -0.3 is 4.74 Å². The van der Waals surface area contributed by atoms with Gasteiger partial charge in [0.15, 0.2) is 5.75 Å².